The van der Waals surface area contributed by atoms with Crippen molar-refractivity contribution >= 4 is 22.2 Å². The van der Waals surface area contributed by atoms with E-state index in [0.717, 1.165) is 34.1 Å². The van der Waals surface area contributed by atoms with Crippen LogP contribution in [0.25, 0.3) is 11.1 Å². The van der Waals surface area contributed by atoms with Crippen LogP contribution in [0.1, 0.15) is 23.5 Å². The summed E-state index contributed by atoms with van der Waals surface area (Å²) in [5, 5.41) is 1.13. The molecule has 0 bridgehead atoms. The molecule has 2 aromatic rings. The molecule has 2 aromatic heterocycles. The number of anilines is 1. The third kappa shape index (κ3) is 4.00. The van der Waals surface area contributed by atoms with Crippen LogP contribution in [0.5, 0.6) is 0 Å². The van der Waals surface area contributed by atoms with Gasteiger partial charge in [-0.2, -0.15) is 0 Å². The van der Waals surface area contributed by atoms with Crippen LogP contribution in [0.3, 0.4) is 0 Å². The number of pyridine rings is 1. The molecule has 2 aliphatic rings. The van der Waals surface area contributed by atoms with Gasteiger partial charge in [-0.1, -0.05) is 6.07 Å². The molecule has 7 heteroatoms. The van der Waals surface area contributed by atoms with E-state index < -0.39 is 0 Å². The summed E-state index contributed by atoms with van der Waals surface area (Å²) in [6.07, 6.45) is 3.76. The van der Waals surface area contributed by atoms with Crippen LogP contribution in [0.15, 0.2) is 30.6 Å². The standard InChI is InChI=1S/C20H25N3O3S/c1-14-12-23(13-15(2)26-14)19(24)18-10-17(16-4-3-5-21-11-16)20(27-18)22-6-8-25-9-7-22/h3-5,10-11,14-15H,6-9,12-13H2,1-2H3/t14-,15-/m1/s1. The monoisotopic (exact) mass is 387 g/mol. The van der Waals surface area contributed by atoms with Gasteiger partial charge in [0, 0.05) is 49.7 Å². The van der Waals surface area contributed by atoms with E-state index in [1.54, 1.807) is 17.5 Å². The molecule has 2 saturated heterocycles. The molecule has 0 aliphatic carbocycles. The molecule has 0 unspecified atom stereocenters. The summed E-state index contributed by atoms with van der Waals surface area (Å²) >= 11 is 1.58. The zero-order chi connectivity index (χ0) is 18.8. The summed E-state index contributed by atoms with van der Waals surface area (Å²) in [6.45, 7) is 8.42. The van der Waals surface area contributed by atoms with Gasteiger partial charge in [-0.15, -0.1) is 11.3 Å². The lowest BCUT2D eigenvalue weighted by atomic mass is 10.1. The minimum Gasteiger partial charge on any atom is -0.378 e. The number of thiophene rings is 1. The number of nitrogens with zero attached hydrogens (tertiary/aromatic N) is 3. The summed E-state index contributed by atoms with van der Waals surface area (Å²) in [6, 6.07) is 6.01. The molecule has 144 valence electrons. The Morgan fingerprint density at radius 1 is 1.22 bits per heavy atom. The highest BCUT2D eigenvalue weighted by Gasteiger charge is 2.29. The summed E-state index contributed by atoms with van der Waals surface area (Å²) in [5.74, 6) is 0.0895. The van der Waals surface area contributed by atoms with Gasteiger partial charge < -0.3 is 19.3 Å². The van der Waals surface area contributed by atoms with Crippen LogP contribution in [0.4, 0.5) is 5.00 Å². The maximum atomic E-state index is 13.2. The molecule has 2 fully saturated rings. The minimum absolute atomic E-state index is 0.0640. The van der Waals surface area contributed by atoms with Crippen LogP contribution in [0.2, 0.25) is 0 Å². The molecule has 4 rings (SSSR count). The molecule has 4 heterocycles. The van der Waals surface area contributed by atoms with Gasteiger partial charge in [0.2, 0.25) is 0 Å². The van der Waals surface area contributed by atoms with E-state index in [4.69, 9.17) is 9.47 Å². The SMILES string of the molecule is C[C@@H]1CN(C(=O)c2cc(-c3cccnc3)c(N3CCOCC3)s2)C[C@@H](C)O1. The van der Waals surface area contributed by atoms with Crippen molar-refractivity contribution in [2.75, 3.05) is 44.3 Å². The number of carbonyl (C=O) groups is 1. The number of morpholine rings is 2. The fraction of sp³-hybridized carbons (Fsp3) is 0.500. The van der Waals surface area contributed by atoms with Gasteiger partial charge in [-0.05, 0) is 26.0 Å². The number of carbonyl (C=O) groups excluding carboxylic acids is 1. The van der Waals surface area contributed by atoms with Crippen molar-refractivity contribution in [1.29, 1.82) is 0 Å². The Morgan fingerprint density at radius 2 is 1.96 bits per heavy atom. The van der Waals surface area contributed by atoms with Crippen LogP contribution >= 0.6 is 11.3 Å². The topological polar surface area (TPSA) is 54.9 Å². The number of amides is 1. The summed E-state index contributed by atoms with van der Waals surface area (Å²) < 4.78 is 11.3. The average molecular weight is 388 g/mol. The van der Waals surface area contributed by atoms with Gasteiger partial charge in [0.05, 0.1) is 35.3 Å². The van der Waals surface area contributed by atoms with Crippen LogP contribution in [0, 0.1) is 0 Å². The first-order chi connectivity index (χ1) is 13.1. The predicted molar refractivity (Wildman–Crippen MR) is 106 cm³/mol. The molecular weight excluding hydrogens is 362 g/mol. The summed E-state index contributed by atoms with van der Waals surface area (Å²) in [5.41, 5.74) is 2.12. The van der Waals surface area contributed by atoms with Gasteiger partial charge in [0.25, 0.3) is 5.91 Å². The lowest BCUT2D eigenvalue weighted by molar-refractivity contribution is -0.0585. The second-order valence-electron chi connectivity index (χ2n) is 7.14. The van der Waals surface area contributed by atoms with Crippen molar-refractivity contribution in [3.05, 3.63) is 35.5 Å². The molecule has 0 N–H and O–H groups in total. The maximum absolute atomic E-state index is 13.2. The van der Waals surface area contributed by atoms with Gasteiger partial charge >= 0.3 is 0 Å². The first-order valence-electron chi connectivity index (χ1n) is 9.43. The third-order valence-electron chi connectivity index (χ3n) is 4.90. The van der Waals surface area contributed by atoms with Gasteiger partial charge in [0.1, 0.15) is 0 Å². The van der Waals surface area contributed by atoms with E-state index in [1.165, 1.54) is 0 Å². The Balaban J connectivity index is 1.67. The maximum Gasteiger partial charge on any atom is 0.264 e. The lowest BCUT2D eigenvalue weighted by Gasteiger charge is -2.35. The van der Waals surface area contributed by atoms with Crippen LogP contribution in [-0.2, 0) is 9.47 Å². The van der Waals surface area contributed by atoms with Crippen molar-refractivity contribution < 1.29 is 14.3 Å². The minimum atomic E-state index is 0.0640. The summed E-state index contributed by atoms with van der Waals surface area (Å²) in [4.78, 5) is 22.5. The molecular formula is C20H25N3O3S. The summed E-state index contributed by atoms with van der Waals surface area (Å²) in [7, 11) is 0. The van der Waals surface area contributed by atoms with Gasteiger partial charge in [-0.3, -0.25) is 9.78 Å². The Labute approximate surface area is 163 Å². The third-order valence-corrected chi connectivity index (χ3v) is 6.08. The number of aromatic nitrogens is 1. The average Bonchev–Trinajstić information content (AvgIpc) is 3.13. The molecule has 0 spiro atoms. The Hall–Kier alpha value is -1.96. The van der Waals surface area contributed by atoms with E-state index >= 15 is 0 Å². The van der Waals surface area contributed by atoms with Crippen LogP contribution in [-0.4, -0.2) is 67.4 Å². The largest absolute Gasteiger partial charge is 0.378 e. The number of hydrogen-bond acceptors (Lipinski definition) is 6. The number of rotatable bonds is 3. The van der Waals surface area contributed by atoms with E-state index in [0.29, 0.717) is 26.3 Å². The van der Waals surface area contributed by atoms with Crippen molar-refractivity contribution in [2.45, 2.75) is 26.1 Å². The predicted octanol–water partition coefficient (Wildman–Crippen LogP) is 2.90. The van der Waals surface area contributed by atoms with E-state index in [2.05, 4.69) is 9.88 Å². The molecule has 2 aliphatic heterocycles. The first kappa shape index (κ1) is 18.4. The molecule has 0 radical (unpaired) electrons. The normalized spacial score (nSPS) is 23.5. The van der Waals surface area contributed by atoms with Crippen molar-refractivity contribution in [1.82, 2.24) is 9.88 Å². The van der Waals surface area contributed by atoms with E-state index in [1.807, 2.05) is 43.1 Å². The molecule has 0 saturated carbocycles. The Bertz CT molecular complexity index is 779. The number of hydrogen-bond donors (Lipinski definition) is 0. The van der Waals surface area contributed by atoms with Crippen LogP contribution < -0.4 is 4.90 Å². The lowest BCUT2D eigenvalue weighted by Crippen LogP contribution is -2.48. The van der Waals surface area contributed by atoms with E-state index in [9.17, 15) is 4.79 Å². The molecule has 27 heavy (non-hydrogen) atoms. The van der Waals surface area contributed by atoms with E-state index in [-0.39, 0.29) is 18.1 Å². The van der Waals surface area contributed by atoms with Gasteiger partial charge in [-0.25, -0.2) is 0 Å². The Kier molecular flexibility index (Phi) is 5.43. The van der Waals surface area contributed by atoms with Gasteiger partial charge in [0.15, 0.2) is 0 Å². The first-order valence-corrected chi connectivity index (χ1v) is 10.2. The second kappa shape index (κ2) is 7.96. The van der Waals surface area contributed by atoms with Crippen molar-refractivity contribution in [3.63, 3.8) is 0 Å². The smallest absolute Gasteiger partial charge is 0.264 e. The highest BCUT2D eigenvalue weighted by molar-refractivity contribution is 7.18. The zero-order valence-corrected chi connectivity index (χ0v) is 16.6. The molecule has 2 atom stereocenters. The highest BCUT2D eigenvalue weighted by Crippen LogP contribution is 2.39. The fourth-order valence-electron chi connectivity index (χ4n) is 3.72. The molecule has 6 nitrogen and oxygen atoms in total. The fourth-order valence-corrected chi connectivity index (χ4v) is 4.92. The number of ether oxygens (including phenoxy) is 2. The molecule has 1 amide bonds. The highest BCUT2D eigenvalue weighted by atomic mass is 32.1. The van der Waals surface area contributed by atoms with Crippen molar-refractivity contribution in [3.8, 4) is 11.1 Å². The Morgan fingerprint density at radius 3 is 2.63 bits per heavy atom. The van der Waals surface area contributed by atoms with Crippen molar-refractivity contribution in [2.24, 2.45) is 0 Å². The molecule has 0 aromatic carbocycles. The quantitative estimate of drug-likeness (QED) is 0.811. The second-order valence-corrected chi connectivity index (χ2v) is 8.17. The zero-order valence-electron chi connectivity index (χ0n) is 15.8.